The lowest BCUT2D eigenvalue weighted by molar-refractivity contribution is 0.124. The number of likely N-dealkylation sites (N-methyl/N-ethyl adjacent to an activating group) is 2. The number of anilines is 2. The average Bonchev–Trinajstić information content (AvgIpc) is 3.97. The first-order valence-electron chi connectivity index (χ1n) is 25.7. The second-order valence-corrected chi connectivity index (χ2v) is 23.5. The van der Waals surface area contributed by atoms with Crippen molar-refractivity contribution in [3.05, 3.63) is 165 Å². The lowest BCUT2D eigenvalue weighted by atomic mass is 9.79. The highest BCUT2D eigenvalue weighted by atomic mass is 16.5. The van der Waals surface area contributed by atoms with Gasteiger partial charge in [-0.15, -0.1) is 10.2 Å². The van der Waals surface area contributed by atoms with Crippen LogP contribution in [0, 0.1) is 0 Å². The fourth-order valence-corrected chi connectivity index (χ4v) is 8.92. The highest BCUT2D eigenvalue weighted by Crippen LogP contribution is 2.45. The Morgan fingerprint density at radius 3 is 1.08 bits per heavy atom. The predicted octanol–water partition coefficient (Wildman–Crippen LogP) is 12.5. The number of allylic oxidation sites excluding steroid dienone is 2. The van der Waals surface area contributed by atoms with Crippen LogP contribution in [0.3, 0.4) is 0 Å². The molecule has 0 bridgehead atoms. The van der Waals surface area contributed by atoms with Crippen molar-refractivity contribution in [2.75, 3.05) is 49.2 Å². The SMILES string of the molecule is CCN(CCOCc1cn(Cc2cc(C(C)(C)C)cc(C(C)(C)C)c2)nn1)c1ccc(C2=C(O)C(c3ccc(N(CC)CCOCc4cn(Cc5cc(C(C)(C)C)cc(C(C)(C)C)c5)nn4)cc3)=C2O)cc1. The molecule has 384 valence electrons. The molecule has 0 saturated carbocycles. The fourth-order valence-electron chi connectivity index (χ4n) is 8.92. The van der Waals surface area contributed by atoms with Crippen LogP contribution in [0.4, 0.5) is 11.4 Å². The summed E-state index contributed by atoms with van der Waals surface area (Å²) in [6, 6.07) is 29.7. The van der Waals surface area contributed by atoms with E-state index in [1.807, 2.05) is 70.3 Å². The van der Waals surface area contributed by atoms with Gasteiger partial charge in [-0.2, -0.15) is 0 Å². The zero-order chi connectivity index (χ0) is 52.2. The number of nitrogens with zero attached hydrogens (tertiary/aromatic N) is 8. The van der Waals surface area contributed by atoms with Crippen LogP contribution in [0.5, 0.6) is 0 Å². The molecule has 0 atom stereocenters. The van der Waals surface area contributed by atoms with Gasteiger partial charge in [0.15, 0.2) is 0 Å². The number of benzene rings is 4. The van der Waals surface area contributed by atoms with E-state index >= 15 is 0 Å². The normalized spacial score (nSPS) is 13.5. The van der Waals surface area contributed by atoms with Crippen LogP contribution in [-0.2, 0) is 57.4 Å². The van der Waals surface area contributed by atoms with Crippen LogP contribution in [0.2, 0.25) is 0 Å². The number of hydrogen-bond acceptors (Lipinski definition) is 10. The van der Waals surface area contributed by atoms with Gasteiger partial charge in [0.25, 0.3) is 0 Å². The molecule has 1 aliphatic rings. The maximum atomic E-state index is 11.3. The zero-order valence-corrected chi connectivity index (χ0v) is 45.6. The first kappa shape index (κ1) is 53.6. The topological polar surface area (TPSA) is 127 Å². The van der Waals surface area contributed by atoms with Crippen LogP contribution < -0.4 is 9.80 Å². The van der Waals surface area contributed by atoms with E-state index in [0.717, 1.165) is 47.0 Å². The van der Waals surface area contributed by atoms with Gasteiger partial charge in [-0.25, -0.2) is 9.36 Å². The molecule has 72 heavy (non-hydrogen) atoms. The third-order valence-electron chi connectivity index (χ3n) is 13.6. The van der Waals surface area contributed by atoms with E-state index in [0.29, 0.717) is 63.8 Å². The Hall–Kier alpha value is -6.24. The van der Waals surface area contributed by atoms with E-state index in [1.54, 1.807) is 0 Å². The van der Waals surface area contributed by atoms with E-state index in [9.17, 15) is 10.2 Å². The molecule has 2 aromatic heterocycles. The van der Waals surface area contributed by atoms with Crippen LogP contribution in [0.25, 0.3) is 11.1 Å². The Labute approximate surface area is 429 Å². The summed E-state index contributed by atoms with van der Waals surface area (Å²) in [5.74, 6) is 0.175. The number of aromatic nitrogens is 6. The van der Waals surface area contributed by atoms with Crippen LogP contribution in [0.15, 0.2) is 109 Å². The average molecular weight is 977 g/mol. The molecule has 12 heteroatoms. The minimum Gasteiger partial charge on any atom is -0.506 e. The van der Waals surface area contributed by atoms with Crippen LogP contribution in [-0.4, -0.2) is 79.6 Å². The molecule has 0 aliphatic heterocycles. The Morgan fingerprint density at radius 2 is 0.792 bits per heavy atom. The molecule has 0 saturated heterocycles. The van der Waals surface area contributed by atoms with E-state index in [1.165, 1.54) is 33.4 Å². The summed E-state index contributed by atoms with van der Waals surface area (Å²) in [7, 11) is 0. The van der Waals surface area contributed by atoms with E-state index in [4.69, 9.17) is 9.47 Å². The predicted molar refractivity (Wildman–Crippen MR) is 293 cm³/mol. The zero-order valence-electron chi connectivity index (χ0n) is 45.6. The summed E-state index contributed by atoms with van der Waals surface area (Å²) in [5, 5.41) is 40.1. The monoisotopic (exact) mass is 977 g/mol. The number of aliphatic hydroxyl groups excluding tert-OH is 2. The van der Waals surface area contributed by atoms with Gasteiger partial charge < -0.3 is 29.5 Å². The molecule has 0 unspecified atom stereocenters. The summed E-state index contributed by atoms with van der Waals surface area (Å²) < 4.78 is 15.9. The molecule has 1 aliphatic carbocycles. The van der Waals surface area contributed by atoms with Crippen molar-refractivity contribution in [2.45, 2.75) is 145 Å². The largest absolute Gasteiger partial charge is 0.506 e. The quantitative estimate of drug-likeness (QED) is 0.0714. The maximum absolute atomic E-state index is 11.3. The van der Waals surface area contributed by atoms with Crippen molar-refractivity contribution < 1.29 is 19.7 Å². The van der Waals surface area contributed by atoms with Gasteiger partial charge >= 0.3 is 0 Å². The van der Waals surface area contributed by atoms with Crippen molar-refractivity contribution in [2.24, 2.45) is 0 Å². The maximum Gasteiger partial charge on any atom is 0.138 e. The van der Waals surface area contributed by atoms with Gasteiger partial charge in [-0.1, -0.05) is 154 Å². The minimum absolute atomic E-state index is 0.0478. The highest BCUT2D eigenvalue weighted by molar-refractivity contribution is 6.06. The van der Waals surface area contributed by atoms with Crippen molar-refractivity contribution in [3.8, 4) is 0 Å². The standard InChI is InChI=1S/C60H80N8O4/c1-15-65(25-27-71-39-49-37-67(63-61-49)35-41-29-45(57(3,4)5)33-46(30-41)58(6,7)8)51-21-17-43(18-22-51)53-55(69)54(56(53)70)44-19-23-52(24-20-44)66(16-2)26-28-72-40-50-38-68(64-62-50)36-42-31-47(59(9,10)11)34-48(32-42)60(12,13)14/h17-24,29-34,37-38,69-70H,15-16,25-28,35-36,39-40H2,1-14H3. The summed E-state index contributed by atoms with van der Waals surface area (Å²) >= 11 is 0. The molecule has 12 nitrogen and oxygen atoms in total. The van der Waals surface area contributed by atoms with E-state index in [2.05, 4.69) is 164 Å². The fraction of sp³-hybridized carbons (Fsp3) is 0.467. The molecule has 7 rings (SSSR count). The van der Waals surface area contributed by atoms with Gasteiger partial charge in [0.05, 0.1) is 63.1 Å². The molecule has 0 amide bonds. The smallest absolute Gasteiger partial charge is 0.138 e. The van der Waals surface area contributed by atoms with Crippen LogP contribution >= 0.6 is 0 Å². The first-order valence-corrected chi connectivity index (χ1v) is 25.7. The number of ether oxygens (including phenoxy) is 2. The Balaban J connectivity index is 0.865. The third kappa shape index (κ3) is 13.2. The van der Waals surface area contributed by atoms with Gasteiger partial charge in [0.1, 0.15) is 22.9 Å². The molecule has 0 radical (unpaired) electrons. The van der Waals surface area contributed by atoms with E-state index in [-0.39, 0.29) is 33.2 Å². The molecular formula is C60H80N8O4. The first-order chi connectivity index (χ1) is 33.9. The summed E-state index contributed by atoms with van der Waals surface area (Å²) in [6.07, 6.45) is 3.94. The molecule has 2 heterocycles. The number of hydrogen-bond donors (Lipinski definition) is 2. The third-order valence-corrected chi connectivity index (χ3v) is 13.6. The Kier molecular flexibility index (Phi) is 16.3. The second-order valence-electron chi connectivity index (χ2n) is 23.5. The van der Waals surface area contributed by atoms with Crippen molar-refractivity contribution in [1.82, 2.24) is 30.0 Å². The lowest BCUT2D eigenvalue weighted by Gasteiger charge is -2.27. The van der Waals surface area contributed by atoms with Gasteiger partial charge in [-0.3, -0.25) is 0 Å². The summed E-state index contributed by atoms with van der Waals surface area (Å²) in [5.41, 5.74) is 14.0. The Morgan fingerprint density at radius 1 is 0.472 bits per heavy atom. The molecule has 0 fully saturated rings. The Bertz CT molecular complexity index is 2570. The molecular weight excluding hydrogens is 897 g/mol. The summed E-state index contributed by atoms with van der Waals surface area (Å²) in [4.78, 5) is 4.48. The van der Waals surface area contributed by atoms with Gasteiger partial charge in [-0.05, 0) is 104 Å². The van der Waals surface area contributed by atoms with Gasteiger partial charge in [0, 0.05) is 37.6 Å². The highest BCUT2D eigenvalue weighted by Gasteiger charge is 2.32. The minimum atomic E-state index is 0.0478. The summed E-state index contributed by atoms with van der Waals surface area (Å²) in [6.45, 7) is 37.3. The van der Waals surface area contributed by atoms with Crippen LogP contribution in [0.1, 0.15) is 153 Å². The van der Waals surface area contributed by atoms with Gasteiger partial charge in [0.2, 0.25) is 0 Å². The molecule has 2 N–H and O–H groups in total. The lowest BCUT2D eigenvalue weighted by Crippen LogP contribution is -2.27. The number of aliphatic hydroxyl groups is 2. The van der Waals surface area contributed by atoms with E-state index < -0.39 is 0 Å². The molecule has 0 spiro atoms. The molecule has 4 aromatic carbocycles. The second kappa shape index (κ2) is 21.9. The van der Waals surface area contributed by atoms with Crippen molar-refractivity contribution >= 4 is 22.5 Å². The number of rotatable bonds is 20. The molecule has 6 aromatic rings. The van der Waals surface area contributed by atoms with Crippen molar-refractivity contribution in [1.29, 1.82) is 0 Å². The van der Waals surface area contributed by atoms with Crippen molar-refractivity contribution in [3.63, 3.8) is 0 Å².